The minimum absolute atomic E-state index is 0.00694. The molecule has 1 aromatic carbocycles. The van der Waals surface area contributed by atoms with Crippen LogP contribution in [0.4, 0.5) is 5.69 Å². The van der Waals surface area contributed by atoms with Crippen LogP contribution in [0.5, 0.6) is 0 Å². The van der Waals surface area contributed by atoms with E-state index in [-0.39, 0.29) is 5.91 Å². The lowest BCUT2D eigenvalue weighted by Crippen LogP contribution is -2.15. The normalized spacial score (nSPS) is 14.6. The zero-order chi connectivity index (χ0) is 17.8. The smallest absolute Gasteiger partial charge is 0.230 e. The lowest BCUT2D eigenvalue weighted by Gasteiger charge is -2.13. The molecule has 0 aliphatic heterocycles. The third-order valence-electron chi connectivity index (χ3n) is 4.38. The maximum atomic E-state index is 12.5. The predicted octanol–water partition coefficient (Wildman–Crippen LogP) is 6.09. The number of hydrogen-bond donors (Lipinski definition) is 1. The Hall–Kier alpha value is -1.63. The number of anilines is 1. The Labute approximate surface area is 165 Å². The first-order valence-corrected chi connectivity index (χ1v) is 11.5. The second-order valence-corrected chi connectivity index (χ2v) is 9.51. The van der Waals surface area contributed by atoms with Crippen molar-refractivity contribution in [3.63, 3.8) is 0 Å². The molecule has 1 aliphatic rings. The van der Waals surface area contributed by atoms with Crippen molar-refractivity contribution < 1.29 is 4.79 Å². The van der Waals surface area contributed by atoms with Gasteiger partial charge in [0.05, 0.1) is 22.7 Å². The van der Waals surface area contributed by atoms with Crippen molar-refractivity contribution in [2.45, 2.75) is 42.2 Å². The number of thiazole rings is 1. The highest BCUT2D eigenvalue weighted by Gasteiger charge is 2.18. The van der Waals surface area contributed by atoms with Gasteiger partial charge >= 0.3 is 0 Å². The van der Waals surface area contributed by atoms with Crippen molar-refractivity contribution >= 4 is 46.0 Å². The van der Waals surface area contributed by atoms with Gasteiger partial charge in [0.2, 0.25) is 5.91 Å². The molecular formula is C20H20N2OS3. The lowest BCUT2D eigenvalue weighted by atomic mass is 10.3. The van der Waals surface area contributed by atoms with Crippen LogP contribution >= 0.6 is 34.4 Å². The van der Waals surface area contributed by atoms with Gasteiger partial charge in [-0.3, -0.25) is 4.79 Å². The van der Waals surface area contributed by atoms with Crippen LogP contribution in [-0.4, -0.2) is 16.1 Å². The average Bonchev–Trinajstić information content (AvgIpc) is 3.38. The minimum atomic E-state index is -0.00694. The first kappa shape index (κ1) is 17.8. The molecule has 0 spiro atoms. The molecule has 6 heteroatoms. The molecule has 26 heavy (non-hydrogen) atoms. The molecule has 2 aromatic heterocycles. The third kappa shape index (κ3) is 4.37. The Morgan fingerprint density at radius 3 is 2.81 bits per heavy atom. The van der Waals surface area contributed by atoms with Gasteiger partial charge in [0.25, 0.3) is 0 Å². The second kappa shape index (κ2) is 8.37. The van der Waals surface area contributed by atoms with Crippen LogP contribution in [0.15, 0.2) is 52.1 Å². The van der Waals surface area contributed by atoms with Gasteiger partial charge in [-0.15, -0.1) is 34.4 Å². The number of amides is 1. The van der Waals surface area contributed by atoms with Crippen molar-refractivity contribution in [3.8, 4) is 9.88 Å². The summed E-state index contributed by atoms with van der Waals surface area (Å²) in [5.74, 6) is -0.00694. The summed E-state index contributed by atoms with van der Waals surface area (Å²) in [5.41, 5.74) is 1.75. The summed E-state index contributed by atoms with van der Waals surface area (Å²) in [7, 11) is 0. The fourth-order valence-corrected chi connectivity index (χ4v) is 6.08. The van der Waals surface area contributed by atoms with Crippen LogP contribution < -0.4 is 5.32 Å². The Morgan fingerprint density at radius 1 is 1.15 bits per heavy atom. The van der Waals surface area contributed by atoms with Gasteiger partial charge in [-0.25, -0.2) is 4.98 Å². The van der Waals surface area contributed by atoms with E-state index in [1.807, 2.05) is 46.8 Å². The highest BCUT2D eigenvalue weighted by atomic mass is 32.2. The maximum absolute atomic E-state index is 12.5. The Morgan fingerprint density at radius 2 is 2.00 bits per heavy atom. The number of nitrogens with one attached hydrogen (secondary N) is 1. The number of benzene rings is 1. The molecule has 1 fully saturated rings. The molecule has 0 atom stereocenters. The number of rotatable bonds is 6. The Kier molecular flexibility index (Phi) is 5.72. The van der Waals surface area contributed by atoms with E-state index in [1.54, 1.807) is 22.7 Å². The number of thioether (sulfide) groups is 1. The van der Waals surface area contributed by atoms with E-state index in [1.165, 1.54) is 30.6 Å². The van der Waals surface area contributed by atoms with Crippen LogP contribution in [-0.2, 0) is 11.2 Å². The van der Waals surface area contributed by atoms with E-state index in [4.69, 9.17) is 0 Å². The third-order valence-corrected chi connectivity index (χ3v) is 7.73. The zero-order valence-corrected chi connectivity index (χ0v) is 16.8. The summed E-state index contributed by atoms with van der Waals surface area (Å²) >= 11 is 5.17. The van der Waals surface area contributed by atoms with Crippen molar-refractivity contribution in [2.24, 2.45) is 0 Å². The van der Waals surface area contributed by atoms with Crippen LogP contribution in [0.25, 0.3) is 9.88 Å². The molecule has 3 aromatic rings. The molecule has 0 radical (unpaired) electrons. The van der Waals surface area contributed by atoms with Crippen molar-refractivity contribution in [1.82, 2.24) is 4.98 Å². The van der Waals surface area contributed by atoms with Crippen molar-refractivity contribution in [3.05, 3.63) is 52.9 Å². The van der Waals surface area contributed by atoms with Gasteiger partial charge in [0, 0.05) is 15.5 Å². The number of aromatic nitrogens is 1. The van der Waals surface area contributed by atoms with E-state index in [2.05, 4.69) is 22.4 Å². The second-order valence-electron chi connectivity index (χ2n) is 6.37. The van der Waals surface area contributed by atoms with E-state index in [9.17, 15) is 4.79 Å². The highest BCUT2D eigenvalue weighted by Crippen LogP contribution is 2.38. The number of carbonyl (C=O) groups is 1. The molecule has 134 valence electrons. The number of nitrogens with zero attached hydrogens (tertiary/aromatic N) is 1. The standard InChI is InChI=1S/C20H20N2OS3/c23-19(12-14-13-25-20(21-14)18-10-5-11-24-18)22-16-8-3-4-9-17(16)26-15-6-1-2-7-15/h3-5,8-11,13,15H,1-2,6-7,12H2,(H,22,23). The Bertz CT molecular complexity index is 867. The van der Waals surface area contributed by atoms with E-state index in [0.717, 1.165) is 21.3 Å². The van der Waals surface area contributed by atoms with Gasteiger partial charge in [0.15, 0.2) is 0 Å². The molecule has 0 unspecified atom stereocenters. The molecule has 4 rings (SSSR count). The molecule has 2 heterocycles. The van der Waals surface area contributed by atoms with Gasteiger partial charge in [-0.1, -0.05) is 31.0 Å². The summed E-state index contributed by atoms with van der Waals surface area (Å²) < 4.78 is 0. The summed E-state index contributed by atoms with van der Waals surface area (Å²) in [6.45, 7) is 0. The SMILES string of the molecule is O=C(Cc1csc(-c2cccs2)n1)Nc1ccccc1SC1CCCC1. The maximum Gasteiger partial charge on any atom is 0.230 e. The van der Waals surface area contributed by atoms with Gasteiger partial charge in [-0.2, -0.15) is 0 Å². The minimum Gasteiger partial charge on any atom is -0.325 e. The number of hydrogen-bond acceptors (Lipinski definition) is 5. The van der Waals surface area contributed by atoms with Gasteiger partial charge < -0.3 is 5.32 Å². The first-order valence-electron chi connectivity index (χ1n) is 8.82. The molecule has 3 nitrogen and oxygen atoms in total. The van der Waals surface area contributed by atoms with E-state index >= 15 is 0 Å². The summed E-state index contributed by atoms with van der Waals surface area (Å²) in [5, 5.41) is 8.77. The summed E-state index contributed by atoms with van der Waals surface area (Å²) in [6, 6.07) is 12.2. The van der Waals surface area contributed by atoms with Crippen LogP contribution in [0.3, 0.4) is 0 Å². The van der Waals surface area contributed by atoms with Gasteiger partial charge in [0.1, 0.15) is 5.01 Å². The van der Waals surface area contributed by atoms with Crippen LogP contribution in [0, 0.1) is 0 Å². The molecule has 0 saturated heterocycles. The molecule has 1 amide bonds. The first-order chi connectivity index (χ1) is 12.8. The van der Waals surface area contributed by atoms with Gasteiger partial charge in [-0.05, 0) is 36.4 Å². The number of carbonyl (C=O) groups excluding carboxylic acids is 1. The summed E-state index contributed by atoms with van der Waals surface area (Å²) in [4.78, 5) is 19.4. The van der Waals surface area contributed by atoms with Crippen molar-refractivity contribution in [1.29, 1.82) is 0 Å². The van der Waals surface area contributed by atoms with E-state index < -0.39 is 0 Å². The molecule has 0 bridgehead atoms. The van der Waals surface area contributed by atoms with Crippen LogP contribution in [0.2, 0.25) is 0 Å². The quantitative estimate of drug-likeness (QED) is 0.544. The largest absolute Gasteiger partial charge is 0.325 e. The molecule has 1 saturated carbocycles. The fraction of sp³-hybridized carbons (Fsp3) is 0.300. The Balaban J connectivity index is 1.40. The predicted molar refractivity (Wildman–Crippen MR) is 112 cm³/mol. The molecule has 1 N–H and O–H groups in total. The molecule has 1 aliphatic carbocycles. The highest BCUT2D eigenvalue weighted by molar-refractivity contribution is 8.00. The number of para-hydroxylation sites is 1. The van der Waals surface area contributed by atoms with E-state index in [0.29, 0.717) is 11.7 Å². The average molecular weight is 401 g/mol. The monoisotopic (exact) mass is 400 g/mol. The summed E-state index contributed by atoms with van der Waals surface area (Å²) in [6.07, 6.45) is 5.50. The number of thiophene rings is 1. The van der Waals surface area contributed by atoms with Crippen LogP contribution in [0.1, 0.15) is 31.4 Å². The molecular weight excluding hydrogens is 380 g/mol. The zero-order valence-electron chi connectivity index (χ0n) is 14.3. The topological polar surface area (TPSA) is 42.0 Å². The lowest BCUT2D eigenvalue weighted by molar-refractivity contribution is -0.115. The van der Waals surface area contributed by atoms with Crippen molar-refractivity contribution in [2.75, 3.05) is 5.32 Å². The fourth-order valence-electron chi connectivity index (χ4n) is 3.12.